The molecular formula is C30H36BrN3O5S. The zero-order valence-corrected chi connectivity index (χ0v) is 25.8. The molecule has 0 fully saturated rings. The van der Waals surface area contributed by atoms with Gasteiger partial charge in [0.2, 0.25) is 21.8 Å². The van der Waals surface area contributed by atoms with Gasteiger partial charge in [0.15, 0.2) is 0 Å². The smallest absolute Gasteiger partial charge is 0.244 e. The second-order valence-electron chi connectivity index (χ2n) is 10.6. The summed E-state index contributed by atoms with van der Waals surface area (Å²) in [7, 11) is -2.32. The number of amides is 2. The van der Waals surface area contributed by atoms with Gasteiger partial charge in [-0.25, -0.2) is 8.42 Å². The summed E-state index contributed by atoms with van der Waals surface area (Å²) < 4.78 is 32.8. The number of carbonyl (C=O) groups excluding carboxylic acids is 2. The summed E-state index contributed by atoms with van der Waals surface area (Å²) in [6, 6.07) is 22.4. The maximum Gasteiger partial charge on any atom is 0.244 e. The lowest BCUT2D eigenvalue weighted by Gasteiger charge is -2.35. The number of rotatable bonds is 11. The van der Waals surface area contributed by atoms with Crippen LogP contribution in [0.4, 0.5) is 5.69 Å². The van der Waals surface area contributed by atoms with Crippen LogP contribution in [0.3, 0.4) is 0 Å². The number of sulfonamides is 1. The summed E-state index contributed by atoms with van der Waals surface area (Å²) in [5.41, 5.74) is 1.45. The normalized spacial score (nSPS) is 12.3. The fraction of sp³-hybridized carbons (Fsp3) is 0.333. The molecule has 0 aromatic heterocycles. The molecule has 1 atom stereocenters. The van der Waals surface area contributed by atoms with Crippen molar-refractivity contribution in [1.82, 2.24) is 10.2 Å². The molecule has 2 amide bonds. The largest absolute Gasteiger partial charge is 0.497 e. The number of nitrogens with one attached hydrogen (secondary N) is 1. The van der Waals surface area contributed by atoms with Gasteiger partial charge in [-0.1, -0.05) is 58.4 Å². The van der Waals surface area contributed by atoms with Gasteiger partial charge in [0.1, 0.15) is 18.3 Å². The number of halogens is 1. The number of methoxy groups -OCH3 is 1. The van der Waals surface area contributed by atoms with Crippen LogP contribution in [-0.4, -0.2) is 56.6 Å². The van der Waals surface area contributed by atoms with E-state index in [9.17, 15) is 18.0 Å². The fourth-order valence-corrected chi connectivity index (χ4v) is 5.27. The van der Waals surface area contributed by atoms with Crippen molar-refractivity contribution in [1.29, 1.82) is 0 Å². The predicted molar refractivity (Wildman–Crippen MR) is 162 cm³/mol. The molecule has 0 aliphatic rings. The number of hydrogen-bond donors (Lipinski definition) is 1. The first-order chi connectivity index (χ1) is 18.8. The van der Waals surface area contributed by atoms with Crippen molar-refractivity contribution in [3.63, 3.8) is 0 Å². The van der Waals surface area contributed by atoms with Crippen molar-refractivity contribution in [3.05, 3.63) is 94.5 Å². The van der Waals surface area contributed by atoms with Gasteiger partial charge in [-0.2, -0.15) is 0 Å². The molecular weight excluding hydrogens is 594 g/mol. The molecule has 0 saturated heterocycles. The molecule has 0 bridgehead atoms. The third-order valence-corrected chi connectivity index (χ3v) is 7.74. The number of anilines is 1. The molecule has 0 spiro atoms. The lowest BCUT2D eigenvalue weighted by molar-refractivity contribution is -0.140. The van der Waals surface area contributed by atoms with Crippen LogP contribution >= 0.6 is 15.9 Å². The van der Waals surface area contributed by atoms with Crippen LogP contribution in [0, 0.1) is 0 Å². The minimum absolute atomic E-state index is 0.112. The Morgan fingerprint density at radius 3 is 2.05 bits per heavy atom. The van der Waals surface area contributed by atoms with Crippen LogP contribution in [0.5, 0.6) is 5.75 Å². The summed E-state index contributed by atoms with van der Waals surface area (Å²) >= 11 is 3.43. The third kappa shape index (κ3) is 9.09. The number of ether oxygens (including phenoxy) is 1. The summed E-state index contributed by atoms with van der Waals surface area (Å²) in [4.78, 5) is 29.3. The lowest BCUT2D eigenvalue weighted by atomic mass is 10.0. The van der Waals surface area contributed by atoms with E-state index in [1.807, 2.05) is 75.4 Å². The van der Waals surface area contributed by atoms with Crippen LogP contribution in [0.1, 0.15) is 31.9 Å². The molecule has 0 saturated carbocycles. The van der Waals surface area contributed by atoms with E-state index < -0.39 is 34.1 Å². The van der Waals surface area contributed by atoms with Gasteiger partial charge < -0.3 is 15.0 Å². The Labute approximate surface area is 245 Å². The molecule has 0 heterocycles. The van der Waals surface area contributed by atoms with Gasteiger partial charge in [-0.15, -0.1) is 0 Å². The van der Waals surface area contributed by atoms with Gasteiger partial charge in [-0.05, 0) is 68.3 Å². The molecule has 10 heteroatoms. The van der Waals surface area contributed by atoms with E-state index in [2.05, 4.69) is 21.2 Å². The highest BCUT2D eigenvalue weighted by atomic mass is 79.9. The molecule has 0 unspecified atom stereocenters. The van der Waals surface area contributed by atoms with E-state index in [-0.39, 0.29) is 18.9 Å². The molecule has 3 aromatic rings. The predicted octanol–water partition coefficient (Wildman–Crippen LogP) is 4.78. The highest BCUT2D eigenvalue weighted by molar-refractivity contribution is 9.10. The SMILES string of the molecule is COc1ccc(N(CC(=O)N(Cc2ccc(Br)cc2)[C@@H](Cc2ccccc2)C(=O)NC(C)(C)C)S(C)(=O)=O)cc1. The van der Waals surface area contributed by atoms with Crippen molar-refractivity contribution >= 4 is 43.5 Å². The van der Waals surface area contributed by atoms with Crippen molar-refractivity contribution in [2.75, 3.05) is 24.2 Å². The minimum Gasteiger partial charge on any atom is -0.497 e. The molecule has 3 rings (SSSR count). The van der Waals surface area contributed by atoms with Crippen molar-refractivity contribution in [3.8, 4) is 5.75 Å². The van der Waals surface area contributed by atoms with Gasteiger partial charge >= 0.3 is 0 Å². The number of hydrogen-bond acceptors (Lipinski definition) is 5. The average molecular weight is 631 g/mol. The van der Waals surface area contributed by atoms with E-state index in [4.69, 9.17) is 4.74 Å². The van der Waals surface area contributed by atoms with Crippen LogP contribution in [0.2, 0.25) is 0 Å². The maximum absolute atomic E-state index is 14.1. The molecule has 8 nitrogen and oxygen atoms in total. The van der Waals surface area contributed by atoms with E-state index >= 15 is 0 Å². The minimum atomic E-state index is -3.84. The quantitative estimate of drug-likeness (QED) is 0.329. The Kier molecular flexibility index (Phi) is 10.4. The molecule has 3 aromatic carbocycles. The van der Waals surface area contributed by atoms with Crippen LogP contribution < -0.4 is 14.4 Å². The Morgan fingerprint density at radius 1 is 0.925 bits per heavy atom. The molecule has 0 aliphatic carbocycles. The first-order valence-corrected chi connectivity index (χ1v) is 15.4. The van der Waals surface area contributed by atoms with Crippen LogP contribution in [0.15, 0.2) is 83.3 Å². The Bertz CT molecular complexity index is 1390. The van der Waals surface area contributed by atoms with E-state index in [0.717, 1.165) is 26.2 Å². The second kappa shape index (κ2) is 13.3. The first-order valence-electron chi connectivity index (χ1n) is 12.8. The Balaban J connectivity index is 2.05. The number of carbonyl (C=O) groups is 2. The third-order valence-electron chi connectivity index (χ3n) is 6.08. The van der Waals surface area contributed by atoms with Crippen LogP contribution in [0.25, 0.3) is 0 Å². The lowest BCUT2D eigenvalue weighted by Crippen LogP contribution is -2.56. The fourth-order valence-electron chi connectivity index (χ4n) is 4.16. The summed E-state index contributed by atoms with van der Waals surface area (Å²) in [6.45, 7) is 5.26. The zero-order valence-electron chi connectivity index (χ0n) is 23.4. The van der Waals surface area contributed by atoms with Gasteiger partial charge in [-0.3, -0.25) is 13.9 Å². The maximum atomic E-state index is 14.1. The van der Waals surface area contributed by atoms with Crippen molar-refractivity contribution in [2.24, 2.45) is 0 Å². The summed E-state index contributed by atoms with van der Waals surface area (Å²) in [5.74, 6) is -0.270. The molecule has 214 valence electrons. The van der Waals surface area contributed by atoms with Crippen LogP contribution in [-0.2, 0) is 32.6 Å². The van der Waals surface area contributed by atoms with Crippen molar-refractivity contribution in [2.45, 2.75) is 45.3 Å². The summed E-state index contributed by atoms with van der Waals surface area (Å²) in [6.07, 6.45) is 1.31. The highest BCUT2D eigenvalue weighted by Gasteiger charge is 2.34. The standard InChI is InChI=1S/C30H36BrN3O5S/c1-30(2,3)32-29(36)27(19-22-9-7-6-8-10-22)33(20-23-11-13-24(31)14-12-23)28(35)21-34(40(5,37)38)25-15-17-26(39-4)18-16-25/h6-18,27H,19-21H2,1-5H3,(H,32,36)/t27-/m0/s1. The molecule has 0 aliphatic heterocycles. The topological polar surface area (TPSA) is 96.0 Å². The van der Waals surface area contributed by atoms with Crippen molar-refractivity contribution < 1.29 is 22.7 Å². The second-order valence-corrected chi connectivity index (χ2v) is 13.4. The monoisotopic (exact) mass is 629 g/mol. The summed E-state index contributed by atoms with van der Waals surface area (Å²) in [5, 5.41) is 3.01. The van der Waals surface area contributed by atoms with E-state index in [1.54, 1.807) is 24.3 Å². The zero-order chi connectivity index (χ0) is 29.5. The molecule has 40 heavy (non-hydrogen) atoms. The Hall–Kier alpha value is -3.37. The van der Waals surface area contributed by atoms with Gasteiger partial charge in [0.25, 0.3) is 0 Å². The number of benzene rings is 3. The highest BCUT2D eigenvalue weighted by Crippen LogP contribution is 2.23. The van der Waals surface area contributed by atoms with E-state index in [0.29, 0.717) is 11.4 Å². The van der Waals surface area contributed by atoms with E-state index in [1.165, 1.54) is 12.0 Å². The first kappa shape index (κ1) is 31.2. The van der Waals surface area contributed by atoms with Gasteiger partial charge in [0.05, 0.1) is 19.1 Å². The van der Waals surface area contributed by atoms with Gasteiger partial charge in [0, 0.05) is 23.0 Å². The number of nitrogens with zero attached hydrogens (tertiary/aromatic N) is 2. The molecule has 0 radical (unpaired) electrons. The average Bonchev–Trinajstić information content (AvgIpc) is 2.89. The Morgan fingerprint density at radius 2 is 1.52 bits per heavy atom. The molecule has 1 N–H and O–H groups in total.